The zero-order valence-electron chi connectivity index (χ0n) is 19.0. The Kier molecular flexibility index (Phi) is 7.02. The SMILES string of the molecule is CC[C@H](C)C(=O)N1CCC(Cc2ccc(NC(=O)N3CC(c4cccnn4)C3)cc2)CC1. The molecule has 0 bridgehead atoms. The van der Waals surface area contributed by atoms with Gasteiger partial charge in [-0.15, -0.1) is 0 Å². The summed E-state index contributed by atoms with van der Waals surface area (Å²) in [6.45, 7) is 7.16. The van der Waals surface area contributed by atoms with Gasteiger partial charge < -0.3 is 15.1 Å². The minimum absolute atomic E-state index is 0.0729. The number of hydrogen-bond acceptors (Lipinski definition) is 4. The van der Waals surface area contributed by atoms with Crippen LogP contribution in [0.1, 0.15) is 50.3 Å². The molecule has 1 N–H and O–H groups in total. The zero-order chi connectivity index (χ0) is 22.5. The van der Waals surface area contributed by atoms with E-state index in [1.165, 1.54) is 5.56 Å². The molecule has 32 heavy (non-hydrogen) atoms. The van der Waals surface area contributed by atoms with Crippen molar-refractivity contribution in [2.24, 2.45) is 11.8 Å². The molecule has 3 amide bonds. The first-order chi connectivity index (χ1) is 15.5. The normalized spacial score (nSPS) is 18.2. The molecule has 0 spiro atoms. The lowest BCUT2D eigenvalue weighted by Crippen LogP contribution is -2.50. The lowest BCUT2D eigenvalue weighted by molar-refractivity contribution is -0.136. The van der Waals surface area contributed by atoms with Crippen molar-refractivity contribution in [3.05, 3.63) is 53.9 Å². The molecular weight excluding hydrogens is 402 g/mol. The highest BCUT2D eigenvalue weighted by Gasteiger charge is 2.33. The van der Waals surface area contributed by atoms with Gasteiger partial charge in [-0.05, 0) is 61.4 Å². The van der Waals surface area contributed by atoms with Gasteiger partial charge in [0.2, 0.25) is 5.91 Å². The second kappa shape index (κ2) is 10.1. The number of likely N-dealkylation sites (tertiary alicyclic amines) is 2. The molecule has 170 valence electrons. The number of carbonyl (C=O) groups is 2. The second-order valence-electron chi connectivity index (χ2n) is 9.16. The lowest BCUT2D eigenvalue weighted by Gasteiger charge is -2.38. The summed E-state index contributed by atoms with van der Waals surface area (Å²) in [6.07, 6.45) is 5.70. The fourth-order valence-corrected chi connectivity index (χ4v) is 4.47. The number of amides is 3. The summed E-state index contributed by atoms with van der Waals surface area (Å²) in [5.41, 5.74) is 3.04. The minimum Gasteiger partial charge on any atom is -0.342 e. The van der Waals surface area contributed by atoms with Crippen LogP contribution in [-0.2, 0) is 11.2 Å². The predicted octanol–water partition coefficient (Wildman–Crippen LogP) is 3.94. The summed E-state index contributed by atoms with van der Waals surface area (Å²) in [6, 6.07) is 11.9. The van der Waals surface area contributed by atoms with E-state index in [1.807, 2.05) is 36.1 Å². The molecule has 1 aromatic heterocycles. The van der Waals surface area contributed by atoms with Crippen LogP contribution in [0.3, 0.4) is 0 Å². The average Bonchev–Trinajstić information content (AvgIpc) is 2.79. The van der Waals surface area contributed by atoms with Crippen LogP contribution in [0.5, 0.6) is 0 Å². The van der Waals surface area contributed by atoms with Gasteiger partial charge in [0, 0.05) is 49.9 Å². The number of anilines is 1. The summed E-state index contributed by atoms with van der Waals surface area (Å²) in [7, 11) is 0. The topological polar surface area (TPSA) is 78.4 Å². The van der Waals surface area contributed by atoms with E-state index in [0.29, 0.717) is 24.9 Å². The van der Waals surface area contributed by atoms with Gasteiger partial charge in [0.05, 0.1) is 5.69 Å². The number of benzene rings is 1. The molecule has 2 fully saturated rings. The zero-order valence-corrected chi connectivity index (χ0v) is 19.0. The largest absolute Gasteiger partial charge is 0.342 e. The Bertz CT molecular complexity index is 904. The van der Waals surface area contributed by atoms with Gasteiger partial charge in [-0.2, -0.15) is 10.2 Å². The Labute approximate surface area is 190 Å². The van der Waals surface area contributed by atoms with Gasteiger partial charge in [0.25, 0.3) is 0 Å². The van der Waals surface area contributed by atoms with Crippen LogP contribution >= 0.6 is 0 Å². The van der Waals surface area contributed by atoms with Crippen LogP contribution in [0.15, 0.2) is 42.6 Å². The number of aromatic nitrogens is 2. The van der Waals surface area contributed by atoms with E-state index in [0.717, 1.165) is 50.2 Å². The Morgan fingerprint density at radius 1 is 1.09 bits per heavy atom. The first-order valence-corrected chi connectivity index (χ1v) is 11.7. The van der Waals surface area contributed by atoms with Gasteiger partial charge >= 0.3 is 6.03 Å². The number of nitrogens with zero attached hydrogens (tertiary/aromatic N) is 4. The summed E-state index contributed by atoms with van der Waals surface area (Å²) >= 11 is 0. The van der Waals surface area contributed by atoms with E-state index >= 15 is 0 Å². The van der Waals surface area contributed by atoms with E-state index in [-0.39, 0.29) is 17.9 Å². The minimum atomic E-state index is -0.0729. The maximum atomic E-state index is 12.5. The molecule has 7 heteroatoms. The van der Waals surface area contributed by atoms with E-state index in [1.54, 1.807) is 11.1 Å². The third-order valence-electron chi connectivity index (χ3n) is 6.87. The number of carbonyl (C=O) groups excluding carboxylic acids is 2. The predicted molar refractivity (Wildman–Crippen MR) is 124 cm³/mol. The van der Waals surface area contributed by atoms with Crippen molar-refractivity contribution in [1.29, 1.82) is 0 Å². The molecule has 4 rings (SSSR count). The number of rotatable bonds is 6. The molecule has 0 unspecified atom stereocenters. The maximum Gasteiger partial charge on any atom is 0.321 e. The highest BCUT2D eigenvalue weighted by atomic mass is 16.2. The van der Waals surface area contributed by atoms with Crippen molar-refractivity contribution < 1.29 is 9.59 Å². The van der Waals surface area contributed by atoms with E-state index < -0.39 is 0 Å². The summed E-state index contributed by atoms with van der Waals surface area (Å²) in [5, 5.41) is 11.0. The fourth-order valence-electron chi connectivity index (χ4n) is 4.47. The number of piperidine rings is 1. The summed E-state index contributed by atoms with van der Waals surface area (Å²) < 4.78 is 0. The van der Waals surface area contributed by atoms with Crippen LogP contribution in [0.2, 0.25) is 0 Å². The Morgan fingerprint density at radius 3 is 2.44 bits per heavy atom. The van der Waals surface area contributed by atoms with E-state index in [9.17, 15) is 9.59 Å². The first kappa shape index (κ1) is 22.2. The average molecular weight is 436 g/mol. The molecular formula is C25H33N5O2. The van der Waals surface area contributed by atoms with Crippen molar-refractivity contribution in [2.45, 2.75) is 45.4 Å². The summed E-state index contributed by atoms with van der Waals surface area (Å²) in [5.74, 6) is 1.30. The first-order valence-electron chi connectivity index (χ1n) is 11.7. The van der Waals surface area contributed by atoms with Crippen molar-refractivity contribution >= 4 is 17.6 Å². The van der Waals surface area contributed by atoms with Crippen LogP contribution in [0.4, 0.5) is 10.5 Å². The molecule has 7 nitrogen and oxygen atoms in total. The Hall–Kier alpha value is -2.96. The third kappa shape index (κ3) is 5.26. The Balaban J connectivity index is 1.20. The van der Waals surface area contributed by atoms with Crippen LogP contribution < -0.4 is 5.32 Å². The Morgan fingerprint density at radius 2 is 1.81 bits per heavy atom. The van der Waals surface area contributed by atoms with Gasteiger partial charge in [0.1, 0.15) is 0 Å². The van der Waals surface area contributed by atoms with E-state index in [2.05, 4.69) is 34.6 Å². The molecule has 0 radical (unpaired) electrons. The second-order valence-corrected chi connectivity index (χ2v) is 9.16. The van der Waals surface area contributed by atoms with Crippen molar-refractivity contribution in [3.63, 3.8) is 0 Å². The van der Waals surface area contributed by atoms with E-state index in [4.69, 9.17) is 0 Å². The smallest absolute Gasteiger partial charge is 0.321 e. The van der Waals surface area contributed by atoms with Crippen LogP contribution in [0.25, 0.3) is 0 Å². The number of nitrogens with one attached hydrogen (secondary N) is 1. The standard InChI is InChI=1S/C25H33N5O2/c1-3-18(2)24(31)29-13-10-20(11-14-29)15-19-6-8-22(9-7-19)27-25(32)30-16-21(17-30)23-5-4-12-26-28-23/h4-9,12,18,20-21H,3,10-11,13-17H2,1-2H3,(H,27,32)/t18-/m0/s1. The van der Waals surface area contributed by atoms with Crippen molar-refractivity contribution in [2.75, 3.05) is 31.5 Å². The molecule has 1 aromatic carbocycles. The monoisotopic (exact) mass is 435 g/mol. The van der Waals surface area contributed by atoms with Gasteiger partial charge in [-0.3, -0.25) is 4.79 Å². The molecule has 1 atom stereocenters. The van der Waals surface area contributed by atoms with Gasteiger partial charge in [0.15, 0.2) is 0 Å². The molecule has 2 aliphatic heterocycles. The van der Waals surface area contributed by atoms with Crippen LogP contribution in [0, 0.1) is 11.8 Å². The molecule has 2 aromatic rings. The molecule has 2 aliphatic rings. The van der Waals surface area contributed by atoms with Gasteiger partial charge in [-0.25, -0.2) is 4.79 Å². The van der Waals surface area contributed by atoms with Crippen molar-refractivity contribution in [3.8, 4) is 0 Å². The molecule has 0 saturated carbocycles. The number of urea groups is 1. The highest BCUT2D eigenvalue weighted by molar-refractivity contribution is 5.90. The van der Waals surface area contributed by atoms with Crippen LogP contribution in [-0.4, -0.2) is 58.1 Å². The van der Waals surface area contributed by atoms with Gasteiger partial charge in [-0.1, -0.05) is 26.0 Å². The lowest BCUT2D eigenvalue weighted by atomic mass is 9.89. The molecule has 2 saturated heterocycles. The highest BCUT2D eigenvalue weighted by Crippen LogP contribution is 2.26. The summed E-state index contributed by atoms with van der Waals surface area (Å²) in [4.78, 5) is 28.7. The van der Waals surface area contributed by atoms with Crippen molar-refractivity contribution in [1.82, 2.24) is 20.0 Å². The third-order valence-corrected chi connectivity index (χ3v) is 6.87. The number of hydrogen-bond donors (Lipinski definition) is 1. The maximum absolute atomic E-state index is 12.5. The molecule has 3 heterocycles. The quantitative estimate of drug-likeness (QED) is 0.746. The molecule has 0 aliphatic carbocycles. The fraction of sp³-hybridized carbons (Fsp3) is 0.520.